The van der Waals surface area contributed by atoms with Crippen molar-refractivity contribution < 1.29 is 19.2 Å². The summed E-state index contributed by atoms with van der Waals surface area (Å²) in [6, 6.07) is 10.7. The van der Waals surface area contributed by atoms with Crippen LogP contribution in [0.4, 0.5) is 0 Å². The van der Waals surface area contributed by atoms with Gasteiger partial charge in [0.15, 0.2) is 0 Å². The Balaban J connectivity index is 0.000000886. The quantitative estimate of drug-likeness (QED) is 0.323. The van der Waals surface area contributed by atoms with E-state index >= 15 is 0 Å². The van der Waals surface area contributed by atoms with Gasteiger partial charge in [-0.1, -0.05) is 57.4 Å². The molecule has 0 fully saturated rings. The fourth-order valence-electron chi connectivity index (χ4n) is 5.06. The Morgan fingerprint density at radius 1 is 0.784 bits per heavy atom. The lowest BCUT2D eigenvalue weighted by Gasteiger charge is -2.37. The van der Waals surface area contributed by atoms with Gasteiger partial charge in [-0.15, -0.1) is 0 Å². The van der Waals surface area contributed by atoms with Gasteiger partial charge >= 0.3 is 0 Å². The molecule has 6 heteroatoms. The van der Waals surface area contributed by atoms with Crippen molar-refractivity contribution in [3.05, 3.63) is 70.8 Å². The number of nitrogens with zero attached hydrogens (tertiary/aromatic N) is 2. The van der Waals surface area contributed by atoms with Gasteiger partial charge in [0.1, 0.15) is 0 Å². The predicted octanol–water partition coefficient (Wildman–Crippen LogP) is 6.44. The number of carbonyl (C=O) groups is 4. The average Bonchev–Trinajstić information content (AvgIpc) is 3.15. The number of carbonyl (C=O) groups excluding carboxylic acids is 4. The second kappa shape index (κ2) is 11.7. The highest BCUT2D eigenvalue weighted by atomic mass is 16.2. The van der Waals surface area contributed by atoms with Crippen molar-refractivity contribution in [2.75, 3.05) is 7.05 Å². The van der Waals surface area contributed by atoms with Crippen molar-refractivity contribution in [1.29, 1.82) is 0 Å². The smallest absolute Gasteiger partial charge is 0.262 e. The summed E-state index contributed by atoms with van der Waals surface area (Å²) in [5, 5.41) is 0. The summed E-state index contributed by atoms with van der Waals surface area (Å²) >= 11 is 0. The number of hydrogen-bond acceptors (Lipinski definition) is 4. The summed E-state index contributed by atoms with van der Waals surface area (Å²) in [4.78, 5) is 53.8. The molecule has 1 atom stereocenters. The van der Waals surface area contributed by atoms with Gasteiger partial charge in [-0.3, -0.25) is 29.0 Å². The molecule has 2 aliphatic heterocycles. The molecule has 2 heterocycles. The zero-order valence-electron chi connectivity index (χ0n) is 22.9. The number of hydrogen-bond donors (Lipinski definition) is 0. The molecule has 0 radical (unpaired) electrons. The third-order valence-electron chi connectivity index (χ3n) is 7.31. The van der Waals surface area contributed by atoms with Gasteiger partial charge in [0.2, 0.25) is 5.91 Å². The Bertz CT molecular complexity index is 1240. The molecule has 2 aromatic rings. The molecular formula is C31H38N2O4. The molecule has 1 unspecified atom stereocenters. The molecule has 0 bridgehead atoms. The maximum absolute atomic E-state index is 13.4. The number of unbranched alkanes of at least 4 members (excludes halogenated alkanes) is 1. The van der Waals surface area contributed by atoms with Crippen LogP contribution >= 0.6 is 0 Å². The van der Waals surface area contributed by atoms with Crippen LogP contribution in [0.25, 0.3) is 11.1 Å². The first-order chi connectivity index (χ1) is 17.6. The van der Waals surface area contributed by atoms with Gasteiger partial charge in [-0.25, -0.2) is 0 Å². The van der Waals surface area contributed by atoms with E-state index in [-0.39, 0.29) is 30.0 Å². The molecule has 196 valence electrons. The van der Waals surface area contributed by atoms with Gasteiger partial charge in [0.25, 0.3) is 17.7 Å². The van der Waals surface area contributed by atoms with Gasteiger partial charge in [-0.05, 0) is 74.6 Å². The number of likely N-dealkylation sites (N-methyl/N-ethyl adjacent to an activating group) is 1. The van der Waals surface area contributed by atoms with Crippen molar-refractivity contribution in [2.45, 2.75) is 78.7 Å². The summed E-state index contributed by atoms with van der Waals surface area (Å²) in [6.07, 6.45) is 8.57. The predicted molar refractivity (Wildman–Crippen MR) is 147 cm³/mol. The SMILES string of the molecule is C/C=C\C.CCCCC(C)(CCC)N1C(=O)c2ccc(-c3ccc4c(c3)CC(=O)N(C)C4=O)cc2C1=O. The minimum atomic E-state index is -0.503. The molecular weight excluding hydrogens is 464 g/mol. The number of fused-ring (bicyclic) bond motifs is 2. The van der Waals surface area contributed by atoms with E-state index in [0.717, 1.165) is 48.1 Å². The van der Waals surface area contributed by atoms with E-state index in [1.54, 1.807) is 18.2 Å². The molecule has 2 aromatic carbocycles. The van der Waals surface area contributed by atoms with Crippen molar-refractivity contribution >= 4 is 23.6 Å². The third kappa shape index (κ3) is 5.43. The molecule has 0 aliphatic carbocycles. The first kappa shape index (κ1) is 28.0. The maximum Gasteiger partial charge on any atom is 0.262 e. The Morgan fingerprint density at radius 2 is 1.38 bits per heavy atom. The second-order valence-corrected chi connectivity index (χ2v) is 10.0. The van der Waals surface area contributed by atoms with E-state index in [9.17, 15) is 19.2 Å². The minimum Gasteiger partial charge on any atom is -0.281 e. The van der Waals surface area contributed by atoms with Gasteiger partial charge in [-0.2, -0.15) is 0 Å². The molecule has 4 amide bonds. The second-order valence-electron chi connectivity index (χ2n) is 10.0. The van der Waals surface area contributed by atoms with Crippen molar-refractivity contribution in [1.82, 2.24) is 9.80 Å². The van der Waals surface area contributed by atoms with E-state index in [1.807, 2.05) is 51.1 Å². The highest BCUT2D eigenvalue weighted by molar-refractivity contribution is 6.22. The Kier molecular flexibility index (Phi) is 8.85. The molecule has 0 saturated heterocycles. The van der Waals surface area contributed by atoms with Crippen molar-refractivity contribution in [2.24, 2.45) is 0 Å². The lowest BCUT2D eigenvalue weighted by molar-refractivity contribution is -0.127. The molecule has 2 aliphatic rings. The molecule has 0 N–H and O–H groups in total. The number of benzene rings is 2. The molecule has 0 aromatic heterocycles. The lowest BCUT2D eigenvalue weighted by Crippen LogP contribution is -2.49. The largest absolute Gasteiger partial charge is 0.281 e. The van der Waals surface area contributed by atoms with E-state index in [4.69, 9.17) is 0 Å². The number of amides is 4. The summed E-state index contributed by atoms with van der Waals surface area (Å²) in [5.41, 5.74) is 3.14. The van der Waals surface area contributed by atoms with E-state index < -0.39 is 5.54 Å². The maximum atomic E-state index is 13.4. The van der Waals surface area contributed by atoms with Crippen LogP contribution in [-0.2, 0) is 11.2 Å². The zero-order chi connectivity index (χ0) is 27.3. The molecule has 0 spiro atoms. The number of rotatable bonds is 7. The van der Waals surface area contributed by atoms with Crippen LogP contribution in [-0.4, -0.2) is 46.0 Å². The van der Waals surface area contributed by atoms with Crippen LogP contribution in [0.5, 0.6) is 0 Å². The van der Waals surface area contributed by atoms with Crippen LogP contribution < -0.4 is 0 Å². The van der Waals surface area contributed by atoms with Crippen LogP contribution in [0.3, 0.4) is 0 Å². The first-order valence-electron chi connectivity index (χ1n) is 13.2. The first-order valence-corrected chi connectivity index (χ1v) is 13.2. The van der Waals surface area contributed by atoms with E-state index in [0.29, 0.717) is 22.3 Å². The zero-order valence-corrected chi connectivity index (χ0v) is 22.9. The van der Waals surface area contributed by atoms with E-state index in [1.165, 1.54) is 11.9 Å². The molecule has 4 rings (SSSR count). The number of allylic oxidation sites excluding steroid dienone is 2. The fourth-order valence-corrected chi connectivity index (χ4v) is 5.06. The molecule has 0 saturated carbocycles. The number of imide groups is 2. The lowest BCUT2D eigenvalue weighted by atomic mass is 9.88. The fraction of sp³-hybridized carbons (Fsp3) is 0.419. The van der Waals surface area contributed by atoms with Gasteiger partial charge in [0, 0.05) is 18.2 Å². The Morgan fingerprint density at radius 3 is 1.97 bits per heavy atom. The van der Waals surface area contributed by atoms with E-state index in [2.05, 4.69) is 13.8 Å². The van der Waals surface area contributed by atoms with Crippen LogP contribution in [0, 0.1) is 0 Å². The third-order valence-corrected chi connectivity index (χ3v) is 7.31. The normalized spacial score (nSPS) is 16.5. The Labute approximate surface area is 220 Å². The Hall–Kier alpha value is -3.54. The summed E-state index contributed by atoms with van der Waals surface area (Å²) in [5.74, 6) is -1.01. The van der Waals surface area contributed by atoms with Crippen LogP contribution in [0.2, 0.25) is 0 Å². The molecule has 37 heavy (non-hydrogen) atoms. The minimum absolute atomic E-state index is 0.161. The van der Waals surface area contributed by atoms with Crippen molar-refractivity contribution in [3.8, 4) is 11.1 Å². The summed E-state index contributed by atoms with van der Waals surface area (Å²) in [7, 11) is 1.49. The van der Waals surface area contributed by atoms with Gasteiger partial charge < -0.3 is 0 Å². The van der Waals surface area contributed by atoms with Crippen LogP contribution in [0.1, 0.15) is 103 Å². The average molecular weight is 503 g/mol. The summed E-state index contributed by atoms with van der Waals surface area (Å²) < 4.78 is 0. The van der Waals surface area contributed by atoms with Gasteiger partial charge in [0.05, 0.1) is 17.5 Å². The topological polar surface area (TPSA) is 74.8 Å². The highest BCUT2D eigenvalue weighted by Gasteiger charge is 2.45. The monoisotopic (exact) mass is 502 g/mol. The summed E-state index contributed by atoms with van der Waals surface area (Å²) in [6.45, 7) is 10.2. The van der Waals surface area contributed by atoms with Crippen molar-refractivity contribution in [3.63, 3.8) is 0 Å². The molecule has 6 nitrogen and oxygen atoms in total. The highest BCUT2D eigenvalue weighted by Crippen LogP contribution is 2.37. The standard InChI is InChI=1S/C27H30N2O4.C4H8/c1-5-7-13-27(3,12-6-2)29-25(32)21-11-9-18(15-22(21)26(29)33)17-8-10-20-19(14-17)16-23(30)28(4)24(20)31;1-3-4-2/h8-11,14-15H,5-7,12-13,16H2,1-4H3;3-4H,1-2H3/b;4-3-. The van der Waals surface area contributed by atoms with Crippen LogP contribution in [0.15, 0.2) is 48.6 Å².